The number of carboxylic acids is 1. The molecule has 1 heterocycles. The Morgan fingerprint density at radius 3 is 2.37 bits per heavy atom. The van der Waals surface area contributed by atoms with Gasteiger partial charge in [0, 0.05) is 16.9 Å². The van der Waals surface area contributed by atoms with Crippen LogP contribution in [-0.4, -0.2) is 33.1 Å². The Labute approximate surface area is 114 Å². The molecule has 0 aliphatic carbocycles. The molecule has 0 amide bonds. The second-order valence-corrected chi connectivity index (χ2v) is 6.04. The smallest absolute Gasteiger partial charge is 0.323 e. The zero-order chi connectivity index (χ0) is 14.8. The van der Waals surface area contributed by atoms with Gasteiger partial charge in [-0.1, -0.05) is 13.8 Å². The van der Waals surface area contributed by atoms with Gasteiger partial charge >= 0.3 is 5.97 Å². The van der Waals surface area contributed by atoms with E-state index in [2.05, 4.69) is 23.8 Å². The number of aryl methyl sites for hydroxylation is 1. The lowest BCUT2D eigenvalue weighted by Crippen LogP contribution is -2.45. The maximum atomic E-state index is 11.0. The molecule has 0 saturated heterocycles. The van der Waals surface area contributed by atoms with E-state index in [1.807, 2.05) is 33.8 Å². The standard InChI is InChI=1S/C14H23N3O2/c1-9(2)11-7-10(3)15-13(16-11)17(8-12(18)19)14(4,5)6/h7,9H,8H2,1-6H3,(H,18,19). The highest BCUT2D eigenvalue weighted by molar-refractivity contribution is 5.73. The third-order valence-electron chi connectivity index (χ3n) is 2.80. The van der Waals surface area contributed by atoms with Crippen LogP contribution < -0.4 is 4.90 Å². The Morgan fingerprint density at radius 2 is 1.95 bits per heavy atom. The predicted molar refractivity (Wildman–Crippen MR) is 75.6 cm³/mol. The minimum atomic E-state index is -0.883. The van der Waals surface area contributed by atoms with Crippen LogP contribution in [0.25, 0.3) is 0 Å². The zero-order valence-electron chi connectivity index (χ0n) is 12.6. The molecule has 5 heteroatoms. The minimum Gasteiger partial charge on any atom is -0.480 e. The summed E-state index contributed by atoms with van der Waals surface area (Å²) in [7, 11) is 0. The number of hydrogen-bond acceptors (Lipinski definition) is 4. The van der Waals surface area contributed by atoms with Crippen LogP contribution in [0.1, 0.15) is 51.9 Å². The van der Waals surface area contributed by atoms with Crippen LogP contribution in [-0.2, 0) is 4.79 Å². The zero-order valence-corrected chi connectivity index (χ0v) is 12.6. The molecule has 19 heavy (non-hydrogen) atoms. The van der Waals surface area contributed by atoms with Crippen molar-refractivity contribution < 1.29 is 9.90 Å². The first-order valence-corrected chi connectivity index (χ1v) is 6.46. The van der Waals surface area contributed by atoms with Crippen LogP contribution in [0.15, 0.2) is 6.07 Å². The average molecular weight is 265 g/mol. The van der Waals surface area contributed by atoms with E-state index in [1.165, 1.54) is 0 Å². The molecular formula is C14H23N3O2. The van der Waals surface area contributed by atoms with Gasteiger partial charge in [-0.2, -0.15) is 0 Å². The summed E-state index contributed by atoms with van der Waals surface area (Å²) < 4.78 is 0. The molecule has 1 rings (SSSR count). The average Bonchev–Trinajstić information content (AvgIpc) is 2.23. The maximum Gasteiger partial charge on any atom is 0.323 e. The fourth-order valence-corrected chi connectivity index (χ4v) is 1.74. The molecule has 0 aliphatic rings. The van der Waals surface area contributed by atoms with Gasteiger partial charge < -0.3 is 10.0 Å². The summed E-state index contributed by atoms with van der Waals surface area (Å²) in [4.78, 5) is 21.6. The number of carbonyl (C=O) groups is 1. The van der Waals surface area contributed by atoms with Gasteiger partial charge in [-0.3, -0.25) is 4.79 Å². The Hall–Kier alpha value is -1.65. The second kappa shape index (κ2) is 5.55. The van der Waals surface area contributed by atoms with E-state index in [-0.39, 0.29) is 18.0 Å². The fraction of sp³-hybridized carbons (Fsp3) is 0.643. The lowest BCUT2D eigenvalue weighted by Gasteiger charge is -2.34. The van der Waals surface area contributed by atoms with Crippen LogP contribution in [0.4, 0.5) is 5.95 Å². The molecule has 0 bridgehead atoms. The Kier molecular flexibility index (Phi) is 4.50. The topological polar surface area (TPSA) is 66.3 Å². The van der Waals surface area contributed by atoms with Crippen LogP contribution >= 0.6 is 0 Å². The fourth-order valence-electron chi connectivity index (χ4n) is 1.74. The SMILES string of the molecule is Cc1cc(C(C)C)nc(N(CC(=O)O)C(C)(C)C)n1. The molecule has 5 nitrogen and oxygen atoms in total. The van der Waals surface area contributed by atoms with Gasteiger partial charge in [-0.25, -0.2) is 9.97 Å². The summed E-state index contributed by atoms with van der Waals surface area (Å²) in [5.74, 6) is -0.114. The molecule has 0 spiro atoms. The minimum absolute atomic E-state index is 0.107. The molecule has 0 fully saturated rings. The van der Waals surface area contributed by atoms with E-state index < -0.39 is 5.97 Å². The molecule has 0 saturated carbocycles. The summed E-state index contributed by atoms with van der Waals surface area (Å²) in [5.41, 5.74) is 1.44. The maximum absolute atomic E-state index is 11.0. The van der Waals surface area contributed by atoms with Gasteiger partial charge in [-0.05, 0) is 39.7 Å². The van der Waals surface area contributed by atoms with Crippen LogP contribution in [0, 0.1) is 6.92 Å². The second-order valence-electron chi connectivity index (χ2n) is 6.04. The molecule has 1 aromatic rings. The van der Waals surface area contributed by atoms with Crippen molar-refractivity contribution in [2.75, 3.05) is 11.4 Å². The monoisotopic (exact) mass is 265 g/mol. The summed E-state index contributed by atoms with van der Waals surface area (Å²) in [6, 6.07) is 1.94. The third-order valence-corrected chi connectivity index (χ3v) is 2.80. The Bertz CT molecular complexity index is 464. The van der Waals surface area contributed by atoms with Gasteiger partial charge in [0.2, 0.25) is 5.95 Å². The van der Waals surface area contributed by atoms with E-state index in [0.29, 0.717) is 5.95 Å². The first-order chi connectivity index (χ1) is 8.61. The molecule has 0 radical (unpaired) electrons. The van der Waals surface area contributed by atoms with Gasteiger partial charge in [0.05, 0.1) is 0 Å². The lowest BCUT2D eigenvalue weighted by molar-refractivity contribution is -0.135. The summed E-state index contributed by atoms with van der Waals surface area (Å²) in [6.07, 6.45) is 0. The van der Waals surface area contributed by atoms with Gasteiger partial charge in [-0.15, -0.1) is 0 Å². The molecule has 1 aromatic heterocycles. The van der Waals surface area contributed by atoms with Crippen LogP contribution in [0.3, 0.4) is 0 Å². The van der Waals surface area contributed by atoms with Gasteiger partial charge in [0.15, 0.2) is 0 Å². The molecule has 0 aliphatic heterocycles. The number of rotatable bonds is 4. The van der Waals surface area contributed by atoms with Crippen molar-refractivity contribution in [3.8, 4) is 0 Å². The highest BCUT2D eigenvalue weighted by atomic mass is 16.4. The molecule has 1 N–H and O–H groups in total. The highest BCUT2D eigenvalue weighted by Gasteiger charge is 2.26. The van der Waals surface area contributed by atoms with Crippen molar-refractivity contribution in [3.63, 3.8) is 0 Å². The van der Waals surface area contributed by atoms with Crippen molar-refractivity contribution in [2.24, 2.45) is 0 Å². The Balaban J connectivity index is 3.26. The predicted octanol–water partition coefficient (Wildman–Crippen LogP) is 2.60. The first-order valence-electron chi connectivity index (χ1n) is 6.46. The molecule has 0 aromatic carbocycles. The lowest BCUT2D eigenvalue weighted by atomic mass is 10.1. The van der Waals surface area contributed by atoms with E-state index in [0.717, 1.165) is 11.4 Å². The van der Waals surface area contributed by atoms with Crippen molar-refractivity contribution in [1.82, 2.24) is 9.97 Å². The van der Waals surface area contributed by atoms with Gasteiger partial charge in [0.25, 0.3) is 0 Å². The van der Waals surface area contributed by atoms with Gasteiger partial charge in [0.1, 0.15) is 6.54 Å². The first kappa shape index (κ1) is 15.4. The van der Waals surface area contributed by atoms with E-state index in [4.69, 9.17) is 5.11 Å². The third kappa shape index (κ3) is 4.19. The number of hydrogen-bond donors (Lipinski definition) is 1. The number of carboxylic acid groups (broad SMARTS) is 1. The number of aliphatic carboxylic acids is 1. The Morgan fingerprint density at radius 1 is 1.37 bits per heavy atom. The van der Waals surface area contributed by atoms with Crippen molar-refractivity contribution in [2.45, 2.75) is 53.0 Å². The van der Waals surface area contributed by atoms with Crippen molar-refractivity contribution in [3.05, 3.63) is 17.5 Å². The van der Waals surface area contributed by atoms with Crippen LogP contribution in [0.5, 0.6) is 0 Å². The number of nitrogens with zero attached hydrogens (tertiary/aromatic N) is 3. The quantitative estimate of drug-likeness (QED) is 0.906. The van der Waals surface area contributed by atoms with Crippen molar-refractivity contribution in [1.29, 1.82) is 0 Å². The van der Waals surface area contributed by atoms with Crippen LogP contribution in [0.2, 0.25) is 0 Å². The largest absolute Gasteiger partial charge is 0.480 e. The summed E-state index contributed by atoms with van der Waals surface area (Å²) >= 11 is 0. The normalized spacial score (nSPS) is 11.7. The summed E-state index contributed by atoms with van der Waals surface area (Å²) in [5, 5.41) is 9.06. The van der Waals surface area contributed by atoms with Crippen molar-refractivity contribution >= 4 is 11.9 Å². The summed E-state index contributed by atoms with van der Waals surface area (Å²) in [6.45, 7) is 11.8. The molecule has 0 unspecified atom stereocenters. The molecule has 0 atom stereocenters. The molecule has 106 valence electrons. The molecular weight excluding hydrogens is 242 g/mol. The highest BCUT2D eigenvalue weighted by Crippen LogP contribution is 2.22. The number of aromatic nitrogens is 2. The number of anilines is 1. The van der Waals surface area contributed by atoms with E-state index in [9.17, 15) is 4.79 Å². The van der Waals surface area contributed by atoms with E-state index in [1.54, 1.807) is 4.90 Å². The van der Waals surface area contributed by atoms with E-state index >= 15 is 0 Å².